The number of nitrogens with zero attached hydrogens (tertiary/aromatic N) is 3. The first-order valence-corrected chi connectivity index (χ1v) is 11.4. The molecule has 10 heteroatoms. The minimum atomic E-state index is -0.613. The fraction of sp³-hybridized carbons (Fsp3) is 0.318. The van der Waals surface area contributed by atoms with E-state index in [0.717, 1.165) is 29.7 Å². The van der Waals surface area contributed by atoms with Crippen molar-refractivity contribution in [1.29, 1.82) is 0 Å². The maximum atomic E-state index is 13.1. The van der Waals surface area contributed by atoms with Crippen LogP contribution in [0.25, 0.3) is 0 Å². The molecule has 2 aromatic rings. The number of nitrogens with one attached hydrogen (secondary N) is 1. The van der Waals surface area contributed by atoms with Gasteiger partial charge >= 0.3 is 0 Å². The van der Waals surface area contributed by atoms with Gasteiger partial charge in [0.15, 0.2) is 5.17 Å². The SMILES string of the molecule is Cc1ccc(N=C2SC(CC(=O)Nc3cc([N+](=O)[O-])ccc3Cl)C(=O)N2C2CC2)c(C)c1. The molecule has 1 saturated heterocycles. The molecule has 1 saturated carbocycles. The maximum Gasteiger partial charge on any atom is 0.271 e. The highest BCUT2D eigenvalue weighted by atomic mass is 35.5. The van der Waals surface area contributed by atoms with E-state index in [2.05, 4.69) is 5.32 Å². The molecule has 1 unspecified atom stereocenters. The zero-order chi connectivity index (χ0) is 23.0. The van der Waals surface area contributed by atoms with Gasteiger partial charge in [-0.25, -0.2) is 4.99 Å². The highest BCUT2D eigenvalue weighted by molar-refractivity contribution is 8.15. The van der Waals surface area contributed by atoms with Crippen LogP contribution in [0.2, 0.25) is 5.02 Å². The lowest BCUT2D eigenvalue weighted by molar-refractivity contribution is -0.384. The Kier molecular flexibility index (Phi) is 6.21. The van der Waals surface area contributed by atoms with Crippen molar-refractivity contribution >= 4 is 57.4 Å². The van der Waals surface area contributed by atoms with Crippen molar-refractivity contribution in [2.24, 2.45) is 4.99 Å². The van der Waals surface area contributed by atoms with Crippen LogP contribution in [-0.4, -0.2) is 38.1 Å². The quantitative estimate of drug-likeness (QED) is 0.471. The molecule has 1 aliphatic heterocycles. The number of aryl methyl sites for hydroxylation is 2. The molecule has 2 aromatic carbocycles. The number of hydrogen-bond donors (Lipinski definition) is 1. The zero-order valence-corrected chi connectivity index (χ0v) is 19.1. The van der Waals surface area contributed by atoms with Crippen LogP contribution in [0.1, 0.15) is 30.4 Å². The van der Waals surface area contributed by atoms with E-state index < -0.39 is 16.1 Å². The number of carbonyl (C=O) groups excluding carboxylic acids is 2. The van der Waals surface area contributed by atoms with Gasteiger partial charge in [-0.1, -0.05) is 41.1 Å². The molecule has 0 bridgehead atoms. The number of thioether (sulfide) groups is 1. The lowest BCUT2D eigenvalue weighted by Crippen LogP contribution is -2.35. The van der Waals surface area contributed by atoms with Gasteiger partial charge in [0.2, 0.25) is 11.8 Å². The van der Waals surface area contributed by atoms with Crippen LogP contribution < -0.4 is 5.32 Å². The standard InChI is InChI=1S/C22H21ClN4O4S/c1-12-3-8-17(13(2)9-12)25-22-26(14-4-5-14)21(29)19(32-22)11-20(28)24-18-10-15(27(30)31)6-7-16(18)23/h3,6-10,14,19H,4-5,11H2,1-2H3,(H,24,28). The number of hydrogen-bond acceptors (Lipinski definition) is 6. The van der Waals surface area contributed by atoms with Crippen molar-refractivity contribution in [3.63, 3.8) is 0 Å². The first-order chi connectivity index (χ1) is 15.2. The third kappa shape index (κ3) is 4.78. The van der Waals surface area contributed by atoms with E-state index in [9.17, 15) is 19.7 Å². The summed E-state index contributed by atoms with van der Waals surface area (Å²) >= 11 is 7.34. The minimum absolute atomic E-state index is 0.0857. The molecule has 2 aliphatic rings. The van der Waals surface area contributed by atoms with Gasteiger partial charge in [0.1, 0.15) is 5.25 Å². The number of anilines is 1. The topological polar surface area (TPSA) is 105 Å². The summed E-state index contributed by atoms with van der Waals surface area (Å²) in [6, 6.07) is 9.88. The van der Waals surface area contributed by atoms with E-state index in [4.69, 9.17) is 16.6 Å². The molecule has 166 valence electrons. The average Bonchev–Trinajstić information content (AvgIpc) is 3.51. The van der Waals surface area contributed by atoms with Gasteiger partial charge in [-0.15, -0.1) is 0 Å². The van der Waals surface area contributed by atoms with Crippen LogP contribution in [-0.2, 0) is 9.59 Å². The molecule has 32 heavy (non-hydrogen) atoms. The van der Waals surface area contributed by atoms with Crippen LogP contribution >= 0.6 is 23.4 Å². The molecule has 4 rings (SSSR count). The summed E-state index contributed by atoms with van der Waals surface area (Å²) in [4.78, 5) is 42.6. The van der Waals surface area contributed by atoms with E-state index >= 15 is 0 Å². The fourth-order valence-corrected chi connectivity index (χ4v) is 4.86. The van der Waals surface area contributed by atoms with E-state index in [1.165, 1.54) is 30.0 Å². The van der Waals surface area contributed by atoms with Crippen molar-refractivity contribution < 1.29 is 14.5 Å². The summed E-state index contributed by atoms with van der Waals surface area (Å²) in [5.74, 6) is -0.580. The van der Waals surface area contributed by atoms with Gasteiger partial charge in [-0.2, -0.15) is 0 Å². The Hall–Kier alpha value is -2.91. The smallest absolute Gasteiger partial charge is 0.271 e. The Labute approximate surface area is 194 Å². The number of nitro groups is 1. The summed E-state index contributed by atoms with van der Waals surface area (Å²) in [6.07, 6.45) is 1.75. The largest absolute Gasteiger partial charge is 0.325 e. The molecular weight excluding hydrogens is 452 g/mol. The second-order valence-corrected chi connectivity index (χ2v) is 9.48. The molecule has 1 heterocycles. The number of carbonyl (C=O) groups is 2. The molecule has 2 fully saturated rings. The highest BCUT2D eigenvalue weighted by Gasteiger charge is 2.46. The second kappa shape index (κ2) is 8.91. The van der Waals surface area contributed by atoms with E-state index in [0.29, 0.717) is 5.17 Å². The van der Waals surface area contributed by atoms with Gasteiger partial charge in [0, 0.05) is 24.6 Å². The van der Waals surface area contributed by atoms with Gasteiger partial charge in [-0.3, -0.25) is 24.6 Å². The Morgan fingerprint density at radius 3 is 2.69 bits per heavy atom. The monoisotopic (exact) mass is 472 g/mol. The average molecular weight is 473 g/mol. The molecule has 8 nitrogen and oxygen atoms in total. The maximum absolute atomic E-state index is 13.1. The van der Waals surface area contributed by atoms with E-state index in [1.807, 2.05) is 32.0 Å². The Balaban J connectivity index is 1.51. The molecular formula is C22H21ClN4O4S. The predicted molar refractivity (Wildman–Crippen MR) is 126 cm³/mol. The lowest BCUT2D eigenvalue weighted by atomic mass is 10.1. The summed E-state index contributed by atoms with van der Waals surface area (Å²) in [5, 5.41) is 13.8. The molecule has 0 aromatic heterocycles. The first-order valence-electron chi connectivity index (χ1n) is 10.1. The van der Waals surface area contributed by atoms with Crippen LogP contribution in [0.5, 0.6) is 0 Å². The third-order valence-corrected chi connectivity index (χ3v) is 6.73. The number of amidine groups is 1. The van der Waals surface area contributed by atoms with Crippen LogP contribution in [0, 0.1) is 24.0 Å². The zero-order valence-electron chi connectivity index (χ0n) is 17.5. The second-order valence-electron chi connectivity index (χ2n) is 7.90. The number of non-ortho nitro benzene ring substituents is 1. The number of amides is 2. The fourth-order valence-electron chi connectivity index (χ4n) is 3.49. The number of halogens is 1. The molecule has 0 radical (unpaired) electrons. The van der Waals surface area contributed by atoms with Gasteiger partial charge in [0.05, 0.1) is 21.3 Å². The third-order valence-electron chi connectivity index (χ3n) is 5.25. The van der Waals surface area contributed by atoms with E-state index in [1.54, 1.807) is 4.90 Å². The minimum Gasteiger partial charge on any atom is -0.325 e. The Morgan fingerprint density at radius 1 is 1.28 bits per heavy atom. The van der Waals surface area contributed by atoms with Gasteiger partial charge in [0.25, 0.3) is 5.69 Å². The number of rotatable bonds is 6. The van der Waals surface area contributed by atoms with Crippen molar-refractivity contribution in [3.8, 4) is 0 Å². The number of nitro benzene ring substituents is 1. The Morgan fingerprint density at radius 2 is 2.03 bits per heavy atom. The van der Waals surface area contributed by atoms with Gasteiger partial charge in [-0.05, 0) is 44.4 Å². The molecule has 1 atom stereocenters. The summed E-state index contributed by atoms with van der Waals surface area (Å²) in [7, 11) is 0. The summed E-state index contributed by atoms with van der Waals surface area (Å²) in [5.41, 5.74) is 2.91. The molecule has 1 N–H and O–H groups in total. The lowest BCUT2D eigenvalue weighted by Gasteiger charge is -2.15. The summed E-state index contributed by atoms with van der Waals surface area (Å²) < 4.78 is 0. The molecule has 1 aliphatic carbocycles. The number of aliphatic imine (C=N–C) groups is 1. The van der Waals surface area contributed by atoms with E-state index in [-0.39, 0.29) is 34.8 Å². The normalized spacial score (nSPS) is 19.5. The molecule has 0 spiro atoms. The summed E-state index contributed by atoms with van der Waals surface area (Å²) in [6.45, 7) is 3.99. The van der Waals surface area contributed by atoms with Crippen LogP contribution in [0.15, 0.2) is 41.4 Å². The predicted octanol–water partition coefficient (Wildman–Crippen LogP) is 4.99. The van der Waals surface area contributed by atoms with Gasteiger partial charge < -0.3 is 5.32 Å². The van der Waals surface area contributed by atoms with Crippen molar-refractivity contribution in [3.05, 3.63) is 62.7 Å². The van der Waals surface area contributed by atoms with Crippen molar-refractivity contribution in [1.82, 2.24) is 4.90 Å². The first kappa shape index (κ1) is 22.3. The van der Waals surface area contributed by atoms with Crippen molar-refractivity contribution in [2.45, 2.75) is 44.4 Å². The van der Waals surface area contributed by atoms with Crippen LogP contribution in [0.3, 0.4) is 0 Å². The van der Waals surface area contributed by atoms with Crippen molar-refractivity contribution in [2.75, 3.05) is 5.32 Å². The molecule has 2 amide bonds. The van der Waals surface area contributed by atoms with Crippen LogP contribution in [0.4, 0.5) is 17.1 Å². The Bertz CT molecular complexity index is 1150. The highest BCUT2D eigenvalue weighted by Crippen LogP contribution is 2.40. The number of benzene rings is 2.